The summed E-state index contributed by atoms with van der Waals surface area (Å²) in [5.41, 5.74) is 2.93. The number of ether oxygens (including phenoxy) is 3. The molecule has 0 aliphatic rings. The number of halogens is 1. The van der Waals surface area contributed by atoms with E-state index in [2.05, 4.69) is 4.98 Å². The van der Waals surface area contributed by atoms with Gasteiger partial charge in [0, 0.05) is 24.5 Å². The Morgan fingerprint density at radius 3 is 2.36 bits per heavy atom. The van der Waals surface area contributed by atoms with Crippen LogP contribution < -0.4 is 9.47 Å². The lowest BCUT2D eigenvalue weighted by atomic mass is 10.0. The van der Waals surface area contributed by atoms with Crippen LogP contribution >= 0.6 is 0 Å². The molecule has 0 spiro atoms. The molecule has 1 aromatic heterocycles. The van der Waals surface area contributed by atoms with Crippen molar-refractivity contribution in [2.45, 2.75) is 6.54 Å². The van der Waals surface area contributed by atoms with Gasteiger partial charge in [0.2, 0.25) is 0 Å². The number of esters is 1. The summed E-state index contributed by atoms with van der Waals surface area (Å²) in [6.07, 6.45) is 0. The van der Waals surface area contributed by atoms with Crippen molar-refractivity contribution in [2.24, 2.45) is 0 Å². The molecule has 36 heavy (non-hydrogen) atoms. The number of likely N-dealkylation sites (N-methyl/N-ethyl adjacent to an activating group) is 1. The third kappa shape index (κ3) is 5.43. The first-order valence-electron chi connectivity index (χ1n) is 11.2. The van der Waals surface area contributed by atoms with Crippen molar-refractivity contribution in [2.75, 3.05) is 27.9 Å². The molecule has 0 N–H and O–H groups in total. The third-order valence-corrected chi connectivity index (χ3v) is 5.70. The second-order valence-corrected chi connectivity index (χ2v) is 8.09. The highest BCUT2D eigenvalue weighted by Crippen LogP contribution is 2.33. The highest BCUT2D eigenvalue weighted by Gasteiger charge is 2.19. The van der Waals surface area contributed by atoms with E-state index in [1.165, 1.54) is 17.0 Å². The summed E-state index contributed by atoms with van der Waals surface area (Å²) < 4.78 is 29.2. The normalized spacial score (nSPS) is 10.7. The lowest BCUT2D eigenvalue weighted by Gasteiger charge is -2.17. The second-order valence-electron chi connectivity index (χ2n) is 8.09. The lowest BCUT2D eigenvalue weighted by molar-refractivity contribution is -0.133. The van der Waals surface area contributed by atoms with E-state index < -0.39 is 12.6 Å². The van der Waals surface area contributed by atoms with Crippen LogP contribution in [0, 0.1) is 5.82 Å². The fourth-order valence-electron chi connectivity index (χ4n) is 3.75. The maximum absolute atomic E-state index is 13.1. The number of para-hydroxylation sites is 1. The van der Waals surface area contributed by atoms with Crippen LogP contribution in [0.3, 0.4) is 0 Å². The smallest absolute Gasteiger partial charge is 0.339 e. The van der Waals surface area contributed by atoms with Crippen LogP contribution in [-0.4, -0.2) is 49.6 Å². The number of rotatable bonds is 8. The SMILES string of the molecule is COc1ccc(-c2cc(C(=O)OCC(=O)N(C)Cc3ccc(F)cc3)c3ccccc3n2)cc1OC. The average molecular weight is 489 g/mol. The summed E-state index contributed by atoms with van der Waals surface area (Å²) in [5, 5.41) is 0.610. The van der Waals surface area contributed by atoms with Crippen LogP contribution in [0.5, 0.6) is 11.5 Å². The van der Waals surface area contributed by atoms with Gasteiger partial charge in [0.25, 0.3) is 5.91 Å². The molecular formula is C28H25FN2O5. The molecule has 0 atom stereocenters. The number of carbonyl (C=O) groups excluding carboxylic acids is 2. The molecule has 0 bridgehead atoms. The van der Waals surface area contributed by atoms with E-state index in [9.17, 15) is 14.0 Å². The molecule has 0 unspecified atom stereocenters. The number of fused-ring (bicyclic) bond motifs is 1. The molecule has 1 amide bonds. The Morgan fingerprint density at radius 2 is 1.64 bits per heavy atom. The summed E-state index contributed by atoms with van der Waals surface area (Å²) in [6.45, 7) is -0.169. The largest absolute Gasteiger partial charge is 0.493 e. The zero-order valence-electron chi connectivity index (χ0n) is 20.2. The average Bonchev–Trinajstić information content (AvgIpc) is 2.91. The fraction of sp³-hybridized carbons (Fsp3) is 0.179. The summed E-state index contributed by atoms with van der Waals surface area (Å²) in [5.74, 6) is -0.266. The van der Waals surface area contributed by atoms with Gasteiger partial charge < -0.3 is 19.1 Å². The van der Waals surface area contributed by atoms with Gasteiger partial charge in [-0.3, -0.25) is 4.79 Å². The minimum absolute atomic E-state index is 0.262. The molecule has 0 radical (unpaired) electrons. The summed E-state index contributed by atoms with van der Waals surface area (Å²) in [7, 11) is 4.69. The number of carbonyl (C=O) groups is 2. The van der Waals surface area contributed by atoms with Crippen molar-refractivity contribution >= 4 is 22.8 Å². The molecular weight excluding hydrogens is 463 g/mol. The molecule has 1 heterocycles. The monoisotopic (exact) mass is 488 g/mol. The van der Waals surface area contributed by atoms with Crippen LogP contribution in [-0.2, 0) is 16.1 Å². The highest BCUT2D eigenvalue weighted by atomic mass is 19.1. The van der Waals surface area contributed by atoms with Gasteiger partial charge in [0.1, 0.15) is 5.82 Å². The summed E-state index contributed by atoms with van der Waals surface area (Å²) >= 11 is 0. The number of nitrogens with zero attached hydrogens (tertiary/aromatic N) is 2. The van der Waals surface area contributed by atoms with E-state index in [1.54, 1.807) is 69.8 Å². The fourth-order valence-corrected chi connectivity index (χ4v) is 3.75. The van der Waals surface area contributed by atoms with E-state index in [4.69, 9.17) is 14.2 Å². The second kappa shape index (κ2) is 10.9. The van der Waals surface area contributed by atoms with Gasteiger partial charge in [0.05, 0.1) is 31.0 Å². The minimum atomic E-state index is -0.640. The Morgan fingerprint density at radius 1 is 0.917 bits per heavy atom. The van der Waals surface area contributed by atoms with Gasteiger partial charge >= 0.3 is 5.97 Å². The minimum Gasteiger partial charge on any atom is -0.493 e. The van der Waals surface area contributed by atoms with Crippen molar-refractivity contribution in [1.29, 1.82) is 0 Å². The predicted molar refractivity (Wildman–Crippen MR) is 133 cm³/mol. The molecule has 0 saturated carbocycles. The van der Waals surface area contributed by atoms with E-state index >= 15 is 0 Å². The Labute approximate surface area is 208 Å². The topological polar surface area (TPSA) is 78.0 Å². The number of benzene rings is 3. The van der Waals surface area contributed by atoms with Crippen LogP contribution in [0.1, 0.15) is 15.9 Å². The Balaban J connectivity index is 1.55. The van der Waals surface area contributed by atoms with E-state index in [-0.39, 0.29) is 18.3 Å². The van der Waals surface area contributed by atoms with Crippen molar-refractivity contribution in [3.63, 3.8) is 0 Å². The number of hydrogen-bond donors (Lipinski definition) is 0. The number of aromatic nitrogens is 1. The molecule has 3 aromatic carbocycles. The van der Waals surface area contributed by atoms with Crippen molar-refractivity contribution in [1.82, 2.24) is 9.88 Å². The summed E-state index contributed by atoms with van der Waals surface area (Å²) in [6, 6.07) is 20.1. The Bertz CT molecular complexity index is 1410. The predicted octanol–water partition coefficient (Wildman–Crippen LogP) is 4.87. The standard InChI is InChI=1S/C28H25FN2O5/c1-31(16-18-8-11-20(29)12-9-18)27(32)17-36-28(33)22-15-24(30-23-7-5-4-6-21(22)23)19-10-13-25(34-2)26(14-19)35-3/h4-15H,16-17H2,1-3H3. The number of methoxy groups -OCH3 is 2. The molecule has 4 aromatic rings. The highest BCUT2D eigenvalue weighted by molar-refractivity contribution is 6.05. The Hall–Kier alpha value is -4.46. The van der Waals surface area contributed by atoms with Crippen LogP contribution in [0.4, 0.5) is 4.39 Å². The molecule has 8 heteroatoms. The van der Waals surface area contributed by atoms with Crippen molar-refractivity contribution in [3.05, 3.63) is 89.7 Å². The van der Waals surface area contributed by atoms with Gasteiger partial charge in [-0.2, -0.15) is 0 Å². The first kappa shape index (κ1) is 24.7. The van der Waals surface area contributed by atoms with Crippen LogP contribution in [0.25, 0.3) is 22.2 Å². The maximum Gasteiger partial charge on any atom is 0.339 e. The molecule has 4 rings (SSSR count). The third-order valence-electron chi connectivity index (χ3n) is 5.70. The molecule has 7 nitrogen and oxygen atoms in total. The van der Waals surface area contributed by atoms with Gasteiger partial charge in [-0.05, 0) is 48.0 Å². The molecule has 0 aliphatic carbocycles. The van der Waals surface area contributed by atoms with Crippen LogP contribution in [0.15, 0.2) is 72.8 Å². The van der Waals surface area contributed by atoms with E-state index in [1.807, 2.05) is 12.1 Å². The first-order valence-corrected chi connectivity index (χ1v) is 11.2. The quantitative estimate of drug-likeness (QED) is 0.329. The number of pyridine rings is 1. The zero-order valence-corrected chi connectivity index (χ0v) is 20.2. The number of amides is 1. The molecule has 0 aliphatic heterocycles. The van der Waals surface area contributed by atoms with Crippen molar-refractivity contribution in [3.8, 4) is 22.8 Å². The van der Waals surface area contributed by atoms with Gasteiger partial charge in [-0.15, -0.1) is 0 Å². The molecule has 184 valence electrons. The van der Waals surface area contributed by atoms with E-state index in [0.29, 0.717) is 33.7 Å². The Kier molecular flexibility index (Phi) is 7.44. The van der Waals surface area contributed by atoms with Crippen LogP contribution in [0.2, 0.25) is 0 Å². The number of hydrogen-bond acceptors (Lipinski definition) is 6. The van der Waals surface area contributed by atoms with Gasteiger partial charge in [-0.25, -0.2) is 14.2 Å². The summed E-state index contributed by atoms with van der Waals surface area (Å²) in [4.78, 5) is 31.8. The van der Waals surface area contributed by atoms with E-state index in [0.717, 1.165) is 11.1 Å². The lowest BCUT2D eigenvalue weighted by Crippen LogP contribution is -2.30. The maximum atomic E-state index is 13.1. The van der Waals surface area contributed by atoms with Gasteiger partial charge in [0.15, 0.2) is 18.1 Å². The molecule has 0 saturated heterocycles. The van der Waals surface area contributed by atoms with Crippen molar-refractivity contribution < 1.29 is 28.2 Å². The zero-order chi connectivity index (χ0) is 25.7. The first-order chi connectivity index (χ1) is 17.4. The van der Waals surface area contributed by atoms with Gasteiger partial charge in [-0.1, -0.05) is 30.3 Å². The molecule has 0 fully saturated rings.